The summed E-state index contributed by atoms with van der Waals surface area (Å²) in [6.45, 7) is 7.28. The number of ether oxygens (including phenoxy) is 1. The average Bonchev–Trinajstić information content (AvgIpc) is 3.53. The molecule has 0 spiro atoms. The molecule has 1 N–H and O–H groups in total. The zero-order valence-corrected chi connectivity index (χ0v) is 20.4. The van der Waals surface area contributed by atoms with Crippen molar-refractivity contribution < 1.29 is 9.53 Å². The number of hydrogen-bond acceptors (Lipinski definition) is 6. The predicted molar refractivity (Wildman–Crippen MR) is 138 cm³/mol. The van der Waals surface area contributed by atoms with E-state index in [9.17, 15) is 4.79 Å². The van der Waals surface area contributed by atoms with E-state index in [0.29, 0.717) is 36.2 Å². The van der Waals surface area contributed by atoms with Gasteiger partial charge in [0.05, 0.1) is 18.7 Å². The van der Waals surface area contributed by atoms with E-state index in [-0.39, 0.29) is 11.9 Å². The number of carbonyl (C=O) groups excluding carboxylic acids is 1. The van der Waals surface area contributed by atoms with Gasteiger partial charge in [-0.25, -0.2) is 4.98 Å². The Kier molecular flexibility index (Phi) is 6.44. The molecule has 0 bridgehead atoms. The van der Waals surface area contributed by atoms with Crippen LogP contribution in [0.25, 0.3) is 22.4 Å². The van der Waals surface area contributed by atoms with Crippen molar-refractivity contribution in [1.29, 1.82) is 0 Å². The Hall–Kier alpha value is -4.53. The van der Waals surface area contributed by atoms with Crippen LogP contribution in [0.4, 0.5) is 5.82 Å². The molecule has 0 radical (unpaired) electrons. The second kappa shape index (κ2) is 9.99. The van der Waals surface area contributed by atoms with Gasteiger partial charge in [0, 0.05) is 29.4 Å². The molecule has 0 aliphatic carbocycles. The predicted octanol–water partition coefficient (Wildman–Crippen LogP) is 4.97. The minimum atomic E-state index is -0.339. The Morgan fingerprint density at radius 1 is 1.11 bits per heavy atom. The van der Waals surface area contributed by atoms with Crippen LogP contribution in [0.15, 0.2) is 73.3 Å². The van der Waals surface area contributed by atoms with Crippen LogP contribution in [0.1, 0.15) is 42.9 Å². The van der Waals surface area contributed by atoms with Gasteiger partial charge >= 0.3 is 0 Å². The van der Waals surface area contributed by atoms with Gasteiger partial charge < -0.3 is 19.2 Å². The summed E-state index contributed by atoms with van der Waals surface area (Å²) >= 11 is 0. The van der Waals surface area contributed by atoms with Crippen molar-refractivity contribution in [3.05, 3.63) is 84.6 Å². The molecule has 0 unspecified atom stereocenters. The van der Waals surface area contributed by atoms with Crippen LogP contribution >= 0.6 is 0 Å². The first-order valence-electron chi connectivity index (χ1n) is 11.9. The summed E-state index contributed by atoms with van der Waals surface area (Å²) in [5, 5.41) is 12.0. The van der Waals surface area contributed by atoms with Gasteiger partial charge in [0.2, 0.25) is 0 Å². The van der Waals surface area contributed by atoms with E-state index in [1.165, 1.54) is 0 Å². The molecular weight excluding hydrogens is 454 g/mol. The fourth-order valence-corrected chi connectivity index (χ4v) is 4.07. The molecule has 4 aromatic heterocycles. The molecule has 0 aliphatic rings. The van der Waals surface area contributed by atoms with Gasteiger partial charge in [-0.3, -0.25) is 9.78 Å². The van der Waals surface area contributed by atoms with Gasteiger partial charge in [-0.15, -0.1) is 10.2 Å². The second-order valence-electron chi connectivity index (χ2n) is 8.63. The maximum atomic E-state index is 13.1. The largest absolute Gasteiger partial charge is 0.494 e. The topological polar surface area (TPSA) is 99.8 Å². The maximum absolute atomic E-state index is 13.1. The van der Waals surface area contributed by atoms with Crippen molar-refractivity contribution in [2.45, 2.75) is 33.4 Å². The van der Waals surface area contributed by atoms with Crippen LogP contribution in [0.5, 0.6) is 5.75 Å². The van der Waals surface area contributed by atoms with E-state index in [4.69, 9.17) is 4.74 Å². The van der Waals surface area contributed by atoms with E-state index >= 15 is 0 Å². The first-order chi connectivity index (χ1) is 17.5. The first-order valence-corrected chi connectivity index (χ1v) is 11.9. The van der Waals surface area contributed by atoms with E-state index in [1.807, 2.05) is 74.0 Å². The van der Waals surface area contributed by atoms with E-state index in [0.717, 1.165) is 22.2 Å². The zero-order chi connectivity index (χ0) is 25.1. The molecule has 36 heavy (non-hydrogen) atoms. The number of aromatic nitrogens is 6. The molecule has 0 fully saturated rings. The molecule has 1 aromatic carbocycles. The van der Waals surface area contributed by atoms with Gasteiger partial charge in [-0.05, 0) is 51.1 Å². The monoisotopic (exact) mass is 481 g/mol. The molecule has 5 rings (SSSR count). The molecule has 9 heteroatoms. The number of hydrogen-bond donors (Lipinski definition) is 1. The first kappa shape index (κ1) is 23.2. The molecule has 0 saturated heterocycles. The van der Waals surface area contributed by atoms with E-state index in [1.54, 1.807) is 24.7 Å². The quantitative estimate of drug-likeness (QED) is 0.336. The van der Waals surface area contributed by atoms with Crippen LogP contribution in [0.3, 0.4) is 0 Å². The fourth-order valence-electron chi connectivity index (χ4n) is 4.07. The molecule has 9 nitrogen and oxygen atoms in total. The Balaban J connectivity index is 1.39. The van der Waals surface area contributed by atoms with Gasteiger partial charge in [0.25, 0.3) is 5.91 Å². The summed E-state index contributed by atoms with van der Waals surface area (Å²) in [7, 11) is 0. The standard InChI is InChI=1S/C27H27N7O2/c1-4-36-24-10-6-5-8-20(24)16-33-13-12-19-15-28-22(14-23(19)33)27(35)31-25-11-7-9-21(30-25)26-32-29-17-34(26)18(2)3/h5-15,17-18H,4,16H2,1-3H3,(H,30,31,35). The summed E-state index contributed by atoms with van der Waals surface area (Å²) < 4.78 is 9.79. The molecule has 182 valence electrons. The number of benzene rings is 1. The Bertz CT molecular complexity index is 1520. The number of carbonyl (C=O) groups is 1. The van der Waals surface area contributed by atoms with Gasteiger partial charge in [-0.2, -0.15) is 0 Å². The molecule has 0 aliphatic heterocycles. The van der Waals surface area contributed by atoms with Crippen molar-refractivity contribution in [2.75, 3.05) is 11.9 Å². The molecule has 4 heterocycles. The average molecular weight is 482 g/mol. The number of para-hydroxylation sites is 1. The summed E-state index contributed by atoms with van der Waals surface area (Å²) in [6, 6.07) is 17.4. The lowest BCUT2D eigenvalue weighted by molar-refractivity contribution is 0.102. The SMILES string of the molecule is CCOc1ccccc1Cn1ccc2cnc(C(=O)Nc3cccc(-c4nncn4C(C)C)n3)cc21. The van der Waals surface area contributed by atoms with Crippen LogP contribution in [0.2, 0.25) is 0 Å². The summed E-state index contributed by atoms with van der Waals surface area (Å²) in [5.74, 6) is 1.58. The minimum Gasteiger partial charge on any atom is -0.494 e. The number of fused-ring (bicyclic) bond motifs is 1. The smallest absolute Gasteiger partial charge is 0.275 e. The Morgan fingerprint density at radius 3 is 2.81 bits per heavy atom. The highest BCUT2D eigenvalue weighted by atomic mass is 16.5. The van der Waals surface area contributed by atoms with Crippen LogP contribution in [-0.4, -0.2) is 41.8 Å². The van der Waals surface area contributed by atoms with E-state index in [2.05, 4.69) is 30.0 Å². The number of pyridine rings is 2. The molecular formula is C27H27N7O2. The Morgan fingerprint density at radius 2 is 1.97 bits per heavy atom. The third-order valence-corrected chi connectivity index (χ3v) is 5.85. The Labute approximate surface area is 208 Å². The van der Waals surface area contributed by atoms with Gasteiger partial charge in [0.1, 0.15) is 29.3 Å². The molecule has 0 atom stereocenters. The van der Waals surface area contributed by atoms with Crippen LogP contribution in [0, 0.1) is 0 Å². The normalized spacial score (nSPS) is 11.2. The van der Waals surface area contributed by atoms with Crippen LogP contribution < -0.4 is 10.1 Å². The van der Waals surface area contributed by atoms with Crippen molar-refractivity contribution in [2.24, 2.45) is 0 Å². The zero-order valence-electron chi connectivity index (χ0n) is 20.4. The van der Waals surface area contributed by atoms with Gasteiger partial charge in [0.15, 0.2) is 5.82 Å². The minimum absolute atomic E-state index is 0.183. The molecule has 1 amide bonds. The lowest BCUT2D eigenvalue weighted by Gasteiger charge is -2.12. The van der Waals surface area contributed by atoms with Crippen molar-refractivity contribution in [3.63, 3.8) is 0 Å². The van der Waals surface area contributed by atoms with Crippen molar-refractivity contribution in [3.8, 4) is 17.3 Å². The summed E-state index contributed by atoms with van der Waals surface area (Å²) in [4.78, 5) is 22.0. The lowest BCUT2D eigenvalue weighted by atomic mass is 10.2. The number of amides is 1. The second-order valence-corrected chi connectivity index (χ2v) is 8.63. The maximum Gasteiger partial charge on any atom is 0.275 e. The third-order valence-electron chi connectivity index (χ3n) is 5.85. The number of nitrogens with zero attached hydrogens (tertiary/aromatic N) is 6. The highest BCUT2D eigenvalue weighted by Gasteiger charge is 2.15. The van der Waals surface area contributed by atoms with E-state index < -0.39 is 0 Å². The highest BCUT2D eigenvalue weighted by Crippen LogP contribution is 2.24. The number of anilines is 1. The number of rotatable bonds is 8. The van der Waals surface area contributed by atoms with Crippen molar-refractivity contribution >= 4 is 22.6 Å². The summed E-state index contributed by atoms with van der Waals surface area (Å²) in [6.07, 6.45) is 5.38. The lowest BCUT2D eigenvalue weighted by Crippen LogP contribution is -2.15. The summed E-state index contributed by atoms with van der Waals surface area (Å²) in [5.41, 5.74) is 2.91. The fraction of sp³-hybridized carbons (Fsp3) is 0.222. The molecule has 5 aromatic rings. The van der Waals surface area contributed by atoms with Crippen molar-refractivity contribution in [1.82, 2.24) is 29.3 Å². The highest BCUT2D eigenvalue weighted by molar-refractivity contribution is 6.04. The molecule has 0 saturated carbocycles. The number of nitrogens with one attached hydrogen (secondary N) is 1. The van der Waals surface area contributed by atoms with Crippen LogP contribution in [-0.2, 0) is 6.54 Å². The third kappa shape index (κ3) is 4.68. The van der Waals surface area contributed by atoms with Gasteiger partial charge in [-0.1, -0.05) is 24.3 Å².